The standard InChI is InChI=1S/C31H43N3O4S/c1-7-38-25-15-16-29(24(18-25)12-11-17-37-6)39(8-2)34-20-22(3)31(5,21-34)23(4)33-28-14-10-9-13-26(28)27(32)19-30(35)36/h8-10,13-16,18,22,32H,7,11-12,17,19-21H2,1-6H3,(H,35,36)/t22-,31-,39?/m1/s1. The molecule has 212 valence electrons. The lowest BCUT2D eigenvalue weighted by atomic mass is 9.77. The summed E-state index contributed by atoms with van der Waals surface area (Å²) in [5.74, 6) is 0.255. The average molecular weight is 554 g/mol. The lowest BCUT2D eigenvalue weighted by Crippen LogP contribution is -2.33. The maximum atomic E-state index is 11.2. The fraction of sp³-hybridized carbons (Fsp3) is 0.484. The van der Waals surface area contributed by atoms with E-state index in [1.165, 1.54) is 10.5 Å². The van der Waals surface area contributed by atoms with E-state index in [1.807, 2.05) is 25.1 Å². The molecule has 2 N–H and O–H groups in total. The maximum absolute atomic E-state index is 11.2. The molecule has 0 saturated carbocycles. The molecule has 39 heavy (non-hydrogen) atoms. The van der Waals surface area contributed by atoms with E-state index >= 15 is 0 Å². The van der Waals surface area contributed by atoms with Crippen LogP contribution in [0, 0.1) is 16.7 Å². The normalized spacial score (nSPS) is 20.8. The van der Waals surface area contributed by atoms with Crippen molar-refractivity contribution < 1.29 is 19.4 Å². The van der Waals surface area contributed by atoms with E-state index in [9.17, 15) is 9.90 Å². The number of hydrogen-bond acceptors (Lipinski definition) is 6. The van der Waals surface area contributed by atoms with Gasteiger partial charge in [-0.25, -0.2) is 0 Å². The third-order valence-electron chi connectivity index (χ3n) is 7.61. The van der Waals surface area contributed by atoms with Crippen LogP contribution in [0.5, 0.6) is 5.75 Å². The Kier molecular flexibility index (Phi) is 11.0. The average Bonchev–Trinajstić information content (AvgIpc) is 3.20. The second-order valence-electron chi connectivity index (χ2n) is 10.3. The first-order valence-corrected chi connectivity index (χ1v) is 14.9. The second kappa shape index (κ2) is 14.0. The molecule has 0 bridgehead atoms. The number of nitrogens with one attached hydrogen (secondary N) is 1. The van der Waals surface area contributed by atoms with E-state index in [0.717, 1.165) is 44.0 Å². The molecule has 0 radical (unpaired) electrons. The number of carbonyl (C=O) groups is 1. The number of benzene rings is 2. The Morgan fingerprint density at radius 1 is 1.31 bits per heavy atom. The van der Waals surface area contributed by atoms with Gasteiger partial charge in [-0.1, -0.05) is 42.7 Å². The fourth-order valence-electron chi connectivity index (χ4n) is 5.13. The molecule has 0 amide bonds. The molecule has 1 heterocycles. The summed E-state index contributed by atoms with van der Waals surface area (Å²) < 4.78 is 13.7. The highest BCUT2D eigenvalue weighted by atomic mass is 32.2. The summed E-state index contributed by atoms with van der Waals surface area (Å²) in [5.41, 5.74) is 3.43. The van der Waals surface area contributed by atoms with E-state index in [4.69, 9.17) is 19.9 Å². The minimum Gasteiger partial charge on any atom is -0.494 e. The van der Waals surface area contributed by atoms with Crippen LogP contribution in [0.1, 0.15) is 58.6 Å². The minimum atomic E-state index is -1.01. The van der Waals surface area contributed by atoms with Crippen molar-refractivity contribution >= 4 is 39.1 Å². The summed E-state index contributed by atoms with van der Waals surface area (Å²) in [6, 6.07) is 13.9. The van der Waals surface area contributed by atoms with Gasteiger partial charge < -0.3 is 20.0 Å². The van der Waals surface area contributed by atoms with Crippen molar-refractivity contribution in [2.75, 3.05) is 33.4 Å². The number of aliphatic carboxylic acids is 1. The van der Waals surface area contributed by atoms with Crippen LogP contribution in [0.25, 0.3) is 0 Å². The number of hydrogen-bond donors (Lipinski definition) is 2. The molecule has 1 aliphatic heterocycles. The summed E-state index contributed by atoms with van der Waals surface area (Å²) >= 11 is 0. The first kappa shape index (κ1) is 30.7. The maximum Gasteiger partial charge on any atom is 0.309 e. The van der Waals surface area contributed by atoms with E-state index in [0.29, 0.717) is 23.8 Å². The zero-order chi connectivity index (χ0) is 28.6. The predicted molar refractivity (Wildman–Crippen MR) is 163 cm³/mol. The number of nitrogens with zero attached hydrogens (tertiary/aromatic N) is 2. The van der Waals surface area contributed by atoms with Gasteiger partial charge in [0.2, 0.25) is 0 Å². The molecule has 1 fully saturated rings. The van der Waals surface area contributed by atoms with Crippen molar-refractivity contribution in [2.24, 2.45) is 16.3 Å². The van der Waals surface area contributed by atoms with Crippen molar-refractivity contribution in [1.82, 2.24) is 4.31 Å². The van der Waals surface area contributed by atoms with Gasteiger partial charge in [-0.3, -0.25) is 14.1 Å². The molecule has 1 aliphatic rings. The third kappa shape index (κ3) is 7.44. The van der Waals surface area contributed by atoms with Crippen LogP contribution in [0.3, 0.4) is 0 Å². The Hall–Kier alpha value is -2.81. The molecule has 2 aromatic rings. The molecule has 0 aliphatic carbocycles. The zero-order valence-corrected chi connectivity index (χ0v) is 24.9. The molecule has 0 spiro atoms. The molecule has 3 rings (SSSR count). The Morgan fingerprint density at radius 3 is 2.72 bits per heavy atom. The Balaban J connectivity index is 1.92. The van der Waals surface area contributed by atoms with Crippen LogP contribution in [0.15, 0.2) is 52.4 Å². The van der Waals surface area contributed by atoms with Gasteiger partial charge in [0.25, 0.3) is 0 Å². The highest BCUT2D eigenvalue weighted by Crippen LogP contribution is 2.46. The molecular formula is C31H43N3O4S. The monoisotopic (exact) mass is 553 g/mol. The number of methoxy groups -OCH3 is 1. The zero-order valence-electron chi connectivity index (χ0n) is 24.1. The van der Waals surface area contributed by atoms with E-state index in [2.05, 4.69) is 55.6 Å². The van der Waals surface area contributed by atoms with Crippen molar-refractivity contribution in [2.45, 2.75) is 58.8 Å². The number of carboxylic acids is 1. The van der Waals surface area contributed by atoms with Crippen LogP contribution >= 0.6 is 10.7 Å². The molecule has 7 nitrogen and oxygen atoms in total. The first-order valence-electron chi connectivity index (χ1n) is 13.6. The minimum absolute atomic E-state index is 0.0690. The lowest BCUT2D eigenvalue weighted by molar-refractivity contribution is -0.135. The number of rotatable bonds is 13. The smallest absolute Gasteiger partial charge is 0.309 e. The molecule has 1 unspecified atom stereocenters. The molecule has 1 saturated heterocycles. The van der Waals surface area contributed by atoms with Crippen molar-refractivity contribution in [3.05, 3.63) is 53.6 Å². The van der Waals surface area contributed by atoms with E-state index in [-0.39, 0.29) is 28.2 Å². The molecular weight excluding hydrogens is 510 g/mol. The Bertz CT molecular complexity index is 1240. The summed E-state index contributed by atoms with van der Waals surface area (Å²) in [5, 5.41) is 19.8. The number of aliphatic imine (C=N–C) groups is 1. The number of ether oxygens (including phenoxy) is 2. The first-order chi connectivity index (χ1) is 18.6. The van der Waals surface area contributed by atoms with Gasteiger partial charge in [-0.05, 0) is 74.7 Å². The lowest BCUT2D eigenvalue weighted by Gasteiger charge is -2.30. The summed E-state index contributed by atoms with van der Waals surface area (Å²) in [4.78, 5) is 17.5. The molecule has 3 atom stereocenters. The summed E-state index contributed by atoms with van der Waals surface area (Å²) in [6.07, 6.45) is 1.56. The van der Waals surface area contributed by atoms with E-state index < -0.39 is 5.97 Å². The van der Waals surface area contributed by atoms with Gasteiger partial charge in [0.1, 0.15) is 5.75 Å². The number of carboxylic acid groups (broad SMARTS) is 1. The van der Waals surface area contributed by atoms with Crippen LogP contribution in [-0.2, 0) is 16.0 Å². The van der Waals surface area contributed by atoms with Crippen molar-refractivity contribution in [3.8, 4) is 5.75 Å². The molecule has 2 aromatic carbocycles. The van der Waals surface area contributed by atoms with Gasteiger partial charge in [0.15, 0.2) is 0 Å². The summed E-state index contributed by atoms with van der Waals surface area (Å²) in [6.45, 7) is 13.9. The van der Waals surface area contributed by atoms with Crippen molar-refractivity contribution in [3.63, 3.8) is 0 Å². The van der Waals surface area contributed by atoms with E-state index in [1.54, 1.807) is 13.2 Å². The van der Waals surface area contributed by atoms with Gasteiger partial charge in [0.05, 0.1) is 24.4 Å². The Labute approximate surface area is 235 Å². The largest absolute Gasteiger partial charge is 0.494 e. The SMILES string of the molecule is C/C=S(\c1ccc(OCC)cc1CCCOC)N1C[C@@H](C)[C@](C)(C(C)=Nc2ccccc2C(=N)CC(=O)O)C1. The summed E-state index contributed by atoms with van der Waals surface area (Å²) in [7, 11) is 1.55. The van der Waals surface area contributed by atoms with Crippen LogP contribution in [-0.4, -0.2) is 65.6 Å². The number of para-hydroxylation sites is 1. The van der Waals surface area contributed by atoms with Crippen LogP contribution in [0.2, 0.25) is 0 Å². The third-order valence-corrected chi connectivity index (χ3v) is 9.74. The van der Waals surface area contributed by atoms with Crippen LogP contribution in [0.4, 0.5) is 5.69 Å². The fourth-order valence-corrected chi connectivity index (χ4v) is 7.39. The van der Waals surface area contributed by atoms with Gasteiger partial charge in [-0.15, -0.1) is 0 Å². The molecule has 0 aromatic heterocycles. The second-order valence-corrected chi connectivity index (χ2v) is 12.3. The number of aryl methyl sites for hydroxylation is 1. The van der Waals surface area contributed by atoms with Crippen molar-refractivity contribution in [1.29, 1.82) is 5.41 Å². The highest BCUT2D eigenvalue weighted by molar-refractivity contribution is 8.13. The van der Waals surface area contributed by atoms with Gasteiger partial charge in [0, 0.05) is 48.4 Å². The topological polar surface area (TPSA) is 95.2 Å². The van der Waals surface area contributed by atoms with Gasteiger partial charge >= 0.3 is 5.97 Å². The predicted octanol–water partition coefficient (Wildman–Crippen LogP) is 6.62. The molecule has 8 heteroatoms. The van der Waals surface area contributed by atoms with Crippen LogP contribution < -0.4 is 4.74 Å². The Morgan fingerprint density at radius 2 is 2.05 bits per heavy atom. The highest BCUT2D eigenvalue weighted by Gasteiger charge is 2.43. The van der Waals surface area contributed by atoms with Gasteiger partial charge in [-0.2, -0.15) is 0 Å². The quantitative estimate of drug-likeness (QED) is 0.165.